The first kappa shape index (κ1) is 16.1. The lowest BCUT2D eigenvalue weighted by Crippen LogP contribution is -2.24. The maximum Gasteiger partial charge on any atom is 0.277 e. The summed E-state index contributed by atoms with van der Waals surface area (Å²) < 4.78 is 1.68. The molecule has 0 atom stereocenters. The van der Waals surface area contributed by atoms with Crippen LogP contribution in [0.1, 0.15) is 23.0 Å². The van der Waals surface area contributed by atoms with Crippen LogP contribution in [0.3, 0.4) is 0 Å². The third-order valence-corrected chi connectivity index (χ3v) is 3.12. The predicted molar refractivity (Wildman–Crippen MR) is 78.8 cm³/mol. The Morgan fingerprint density at radius 3 is 2.35 bits per heavy atom. The zero-order valence-electron chi connectivity index (χ0n) is 12.1. The van der Waals surface area contributed by atoms with Gasteiger partial charge in [-0.1, -0.05) is 0 Å². The van der Waals surface area contributed by atoms with Gasteiger partial charge in [0.15, 0.2) is 0 Å². The second kappa shape index (κ2) is 6.64. The number of aromatic nitrogens is 2. The van der Waals surface area contributed by atoms with Crippen molar-refractivity contribution >= 4 is 17.3 Å². The van der Waals surface area contributed by atoms with E-state index in [4.69, 9.17) is 0 Å². The number of carbonyl (C=O) groups excluding carboxylic acids is 1. The van der Waals surface area contributed by atoms with Crippen molar-refractivity contribution in [3.63, 3.8) is 0 Å². The molecule has 0 saturated carbocycles. The van der Waals surface area contributed by atoms with Gasteiger partial charge in [0.1, 0.15) is 0 Å². The van der Waals surface area contributed by atoms with E-state index in [-0.39, 0.29) is 12.1 Å². The summed E-state index contributed by atoms with van der Waals surface area (Å²) in [6, 6.07) is 4.53. The van der Waals surface area contributed by atoms with Gasteiger partial charge in [0, 0.05) is 24.9 Å². The van der Waals surface area contributed by atoms with Gasteiger partial charge in [0.2, 0.25) is 0 Å². The fourth-order valence-corrected chi connectivity index (χ4v) is 2.00. The van der Waals surface area contributed by atoms with Gasteiger partial charge in [-0.25, -0.2) is 0 Å². The van der Waals surface area contributed by atoms with Crippen LogP contribution < -0.4 is 5.32 Å². The number of carbonyl (C=O) groups is 1. The van der Waals surface area contributed by atoms with E-state index >= 15 is 0 Å². The van der Waals surface area contributed by atoms with E-state index in [9.17, 15) is 25.0 Å². The second-order valence-electron chi connectivity index (χ2n) is 4.57. The van der Waals surface area contributed by atoms with Gasteiger partial charge >= 0.3 is 0 Å². The molecule has 0 aliphatic rings. The zero-order chi connectivity index (χ0) is 17.0. The number of rotatable bonds is 6. The standard InChI is InChI=1S/C13H13N5O5/c1-2-16-10(3-4-15-16)8-14-13(19)9-5-11(17(20)21)7-12(6-9)18(22)23/h3-7H,2,8H2,1H3,(H,14,19). The maximum absolute atomic E-state index is 12.1. The normalized spacial score (nSPS) is 10.3. The summed E-state index contributed by atoms with van der Waals surface area (Å²) in [6.07, 6.45) is 1.59. The highest BCUT2D eigenvalue weighted by Crippen LogP contribution is 2.22. The van der Waals surface area contributed by atoms with Crippen molar-refractivity contribution in [1.82, 2.24) is 15.1 Å². The number of non-ortho nitro benzene ring substituents is 2. The second-order valence-corrected chi connectivity index (χ2v) is 4.57. The zero-order valence-corrected chi connectivity index (χ0v) is 12.1. The Bertz CT molecular complexity index is 738. The Morgan fingerprint density at radius 1 is 1.22 bits per heavy atom. The highest BCUT2D eigenvalue weighted by Gasteiger charge is 2.19. The number of nitrogens with one attached hydrogen (secondary N) is 1. The van der Waals surface area contributed by atoms with Gasteiger partial charge in [0.25, 0.3) is 17.3 Å². The first-order valence-corrected chi connectivity index (χ1v) is 6.65. The highest BCUT2D eigenvalue weighted by atomic mass is 16.6. The Hall–Kier alpha value is -3.30. The molecule has 23 heavy (non-hydrogen) atoms. The molecule has 0 bridgehead atoms. The number of hydrogen-bond donors (Lipinski definition) is 1. The molecule has 2 aromatic rings. The summed E-state index contributed by atoms with van der Waals surface area (Å²) in [5.74, 6) is -0.638. The first-order chi connectivity index (χ1) is 10.9. The van der Waals surface area contributed by atoms with Crippen LogP contribution >= 0.6 is 0 Å². The third-order valence-electron chi connectivity index (χ3n) is 3.12. The number of nitrogens with zero attached hydrogens (tertiary/aromatic N) is 4. The molecule has 10 heteroatoms. The topological polar surface area (TPSA) is 133 Å². The molecule has 1 aromatic carbocycles. The van der Waals surface area contributed by atoms with Crippen molar-refractivity contribution in [3.8, 4) is 0 Å². The first-order valence-electron chi connectivity index (χ1n) is 6.65. The van der Waals surface area contributed by atoms with Crippen LogP contribution in [0, 0.1) is 20.2 Å². The van der Waals surface area contributed by atoms with Gasteiger partial charge in [-0.15, -0.1) is 0 Å². The average molecular weight is 319 g/mol. The third kappa shape index (κ3) is 3.67. The molecular weight excluding hydrogens is 306 g/mol. The molecule has 10 nitrogen and oxygen atoms in total. The van der Waals surface area contributed by atoms with Crippen LogP contribution in [0.25, 0.3) is 0 Å². The number of aryl methyl sites for hydroxylation is 1. The average Bonchev–Trinajstić information content (AvgIpc) is 2.99. The van der Waals surface area contributed by atoms with E-state index in [1.165, 1.54) is 0 Å². The van der Waals surface area contributed by atoms with Crippen LogP contribution in [-0.4, -0.2) is 25.5 Å². The van der Waals surface area contributed by atoms with Crippen molar-refractivity contribution in [2.24, 2.45) is 0 Å². The van der Waals surface area contributed by atoms with E-state index in [2.05, 4.69) is 10.4 Å². The van der Waals surface area contributed by atoms with Gasteiger partial charge in [-0.2, -0.15) is 5.10 Å². The molecule has 0 aliphatic heterocycles. The Labute approximate surface area is 130 Å². The molecule has 1 heterocycles. The summed E-state index contributed by atoms with van der Waals surface area (Å²) in [7, 11) is 0. The lowest BCUT2D eigenvalue weighted by atomic mass is 10.1. The Balaban J connectivity index is 2.21. The van der Waals surface area contributed by atoms with Crippen LogP contribution in [0.4, 0.5) is 11.4 Å². The van der Waals surface area contributed by atoms with Crippen LogP contribution in [-0.2, 0) is 13.1 Å². The van der Waals surface area contributed by atoms with Crippen LogP contribution in [0.15, 0.2) is 30.5 Å². The molecule has 1 amide bonds. The van der Waals surface area contributed by atoms with Crippen molar-refractivity contribution in [2.75, 3.05) is 0 Å². The molecule has 2 rings (SSSR count). The Kier molecular flexibility index (Phi) is 4.64. The molecular formula is C13H13N5O5. The minimum Gasteiger partial charge on any atom is -0.346 e. The SMILES string of the molecule is CCn1nccc1CNC(=O)c1cc([N+](=O)[O-])cc([N+](=O)[O-])c1. The summed E-state index contributed by atoms with van der Waals surface area (Å²) >= 11 is 0. The number of amides is 1. The van der Waals surface area contributed by atoms with Crippen LogP contribution in [0.5, 0.6) is 0 Å². The summed E-state index contributed by atoms with van der Waals surface area (Å²) in [6.45, 7) is 2.67. The monoisotopic (exact) mass is 319 g/mol. The summed E-state index contributed by atoms with van der Waals surface area (Å²) in [5.41, 5.74) is -0.417. The lowest BCUT2D eigenvalue weighted by molar-refractivity contribution is -0.394. The number of nitro groups is 2. The minimum atomic E-state index is -0.782. The fraction of sp³-hybridized carbons (Fsp3) is 0.231. The molecule has 1 aromatic heterocycles. The van der Waals surface area contributed by atoms with E-state index in [1.54, 1.807) is 16.9 Å². The Morgan fingerprint density at radius 2 is 1.83 bits per heavy atom. The number of benzene rings is 1. The molecule has 0 fully saturated rings. The smallest absolute Gasteiger partial charge is 0.277 e. The van der Waals surface area contributed by atoms with Crippen LogP contribution in [0.2, 0.25) is 0 Å². The molecule has 0 spiro atoms. The molecule has 0 radical (unpaired) electrons. The predicted octanol–water partition coefficient (Wildman–Crippen LogP) is 1.65. The van der Waals surface area contributed by atoms with E-state index < -0.39 is 27.1 Å². The van der Waals surface area contributed by atoms with Crippen molar-refractivity contribution in [3.05, 3.63) is 61.9 Å². The lowest BCUT2D eigenvalue weighted by Gasteiger charge is -2.07. The molecule has 1 N–H and O–H groups in total. The molecule has 0 aliphatic carbocycles. The van der Waals surface area contributed by atoms with Crippen molar-refractivity contribution in [1.29, 1.82) is 0 Å². The molecule has 0 unspecified atom stereocenters. The van der Waals surface area contributed by atoms with Crippen molar-refractivity contribution in [2.45, 2.75) is 20.0 Å². The van der Waals surface area contributed by atoms with Gasteiger partial charge in [-0.05, 0) is 13.0 Å². The quantitative estimate of drug-likeness (QED) is 0.635. The largest absolute Gasteiger partial charge is 0.346 e. The number of nitro benzene ring substituents is 2. The maximum atomic E-state index is 12.1. The molecule has 0 saturated heterocycles. The van der Waals surface area contributed by atoms with Gasteiger partial charge in [-0.3, -0.25) is 29.7 Å². The summed E-state index contributed by atoms with van der Waals surface area (Å²) in [5, 5.41) is 28.2. The highest BCUT2D eigenvalue weighted by molar-refractivity contribution is 5.95. The number of hydrogen-bond acceptors (Lipinski definition) is 6. The fourth-order valence-electron chi connectivity index (χ4n) is 2.00. The van der Waals surface area contributed by atoms with Gasteiger partial charge < -0.3 is 5.32 Å². The minimum absolute atomic E-state index is 0.145. The van der Waals surface area contributed by atoms with Crippen molar-refractivity contribution < 1.29 is 14.6 Å². The van der Waals surface area contributed by atoms with Gasteiger partial charge in [0.05, 0.1) is 33.7 Å². The molecule has 120 valence electrons. The van der Waals surface area contributed by atoms with E-state index in [0.29, 0.717) is 6.54 Å². The van der Waals surface area contributed by atoms with E-state index in [0.717, 1.165) is 23.9 Å². The summed E-state index contributed by atoms with van der Waals surface area (Å²) in [4.78, 5) is 32.2. The van der Waals surface area contributed by atoms with E-state index in [1.807, 2.05) is 6.92 Å².